The quantitative estimate of drug-likeness (QED) is 0.593. The van der Waals surface area contributed by atoms with Gasteiger partial charge in [0, 0.05) is 24.4 Å². The van der Waals surface area contributed by atoms with Crippen molar-refractivity contribution in [2.24, 2.45) is 0 Å². The summed E-state index contributed by atoms with van der Waals surface area (Å²) in [5.41, 5.74) is 3.24. The van der Waals surface area contributed by atoms with E-state index in [1.807, 2.05) is 24.3 Å². The lowest BCUT2D eigenvalue weighted by atomic mass is 10.1. The highest BCUT2D eigenvalue weighted by atomic mass is 32.1. The van der Waals surface area contributed by atoms with Gasteiger partial charge in [-0.05, 0) is 30.7 Å². The summed E-state index contributed by atoms with van der Waals surface area (Å²) < 4.78 is 1.71. The molecular weight excluding hydrogens is 334 g/mol. The number of hydrogen-bond acceptors (Lipinski definition) is 5. The SMILES string of the molecule is O=c1c2c3c(sc2ncn1CCc1nc2ccccc2[nH]1)CNCC3. The van der Waals surface area contributed by atoms with Crippen LogP contribution in [0.2, 0.25) is 0 Å². The Morgan fingerprint density at radius 1 is 1.28 bits per heavy atom. The second kappa shape index (κ2) is 5.79. The van der Waals surface area contributed by atoms with Crippen molar-refractivity contribution < 1.29 is 0 Å². The van der Waals surface area contributed by atoms with E-state index < -0.39 is 0 Å². The predicted molar refractivity (Wildman–Crippen MR) is 99.1 cm³/mol. The molecule has 0 amide bonds. The molecule has 0 spiro atoms. The fraction of sp³-hybridized carbons (Fsp3) is 0.278. The molecule has 0 saturated heterocycles. The van der Waals surface area contributed by atoms with Crippen molar-refractivity contribution in [1.29, 1.82) is 0 Å². The molecule has 6 nitrogen and oxygen atoms in total. The highest BCUT2D eigenvalue weighted by molar-refractivity contribution is 7.18. The summed E-state index contributed by atoms with van der Waals surface area (Å²) >= 11 is 1.63. The summed E-state index contributed by atoms with van der Waals surface area (Å²) in [4.78, 5) is 27.5. The van der Waals surface area contributed by atoms with Crippen LogP contribution >= 0.6 is 11.3 Å². The van der Waals surface area contributed by atoms with Gasteiger partial charge in [-0.25, -0.2) is 9.97 Å². The molecule has 1 aliphatic heterocycles. The molecule has 0 unspecified atom stereocenters. The van der Waals surface area contributed by atoms with Crippen LogP contribution in [-0.2, 0) is 25.9 Å². The van der Waals surface area contributed by atoms with E-state index in [4.69, 9.17) is 0 Å². The molecule has 1 aromatic carbocycles. The minimum absolute atomic E-state index is 0.0699. The van der Waals surface area contributed by atoms with E-state index in [9.17, 15) is 4.79 Å². The number of imidazole rings is 1. The van der Waals surface area contributed by atoms with Gasteiger partial charge in [-0.2, -0.15) is 0 Å². The van der Waals surface area contributed by atoms with Gasteiger partial charge in [-0.15, -0.1) is 11.3 Å². The Balaban J connectivity index is 1.48. The van der Waals surface area contributed by atoms with Crippen LogP contribution in [0.3, 0.4) is 0 Å². The van der Waals surface area contributed by atoms with E-state index in [0.29, 0.717) is 13.0 Å². The van der Waals surface area contributed by atoms with Gasteiger partial charge in [-0.3, -0.25) is 9.36 Å². The number of rotatable bonds is 3. The summed E-state index contributed by atoms with van der Waals surface area (Å²) in [5, 5.41) is 4.17. The Morgan fingerprint density at radius 3 is 3.12 bits per heavy atom. The summed E-state index contributed by atoms with van der Waals surface area (Å²) in [6.07, 6.45) is 3.25. The van der Waals surface area contributed by atoms with Crippen LogP contribution in [0, 0.1) is 0 Å². The highest BCUT2D eigenvalue weighted by Gasteiger charge is 2.19. The zero-order valence-corrected chi connectivity index (χ0v) is 14.4. The number of aromatic amines is 1. The minimum atomic E-state index is 0.0699. The van der Waals surface area contributed by atoms with Gasteiger partial charge < -0.3 is 10.3 Å². The number of nitrogens with one attached hydrogen (secondary N) is 2. The average molecular weight is 351 g/mol. The molecule has 4 heterocycles. The maximum atomic E-state index is 12.9. The smallest absolute Gasteiger partial charge is 0.262 e. The molecule has 0 radical (unpaired) electrons. The van der Waals surface area contributed by atoms with E-state index in [2.05, 4.69) is 20.3 Å². The van der Waals surface area contributed by atoms with Gasteiger partial charge in [0.2, 0.25) is 0 Å². The molecule has 5 rings (SSSR count). The standard InChI is InChI=1S/C18H17N5OS/c24-18-16-11-5-7-19-9-14(11)25-17(16)20-10-23(18)8-6-15-21-12-3-1-2-4-13(12)22-15/h1-4,10,19H,5-9H2,(H,21,22). The molecule has 7 heteroatoms. The molecule has 25 heavy (non-hydrogen) atoms. The Kier molecular flexibility index (Phi) is 3.43. The second-order valence-corrected chi connectivity index (χ2v) is 7.39. The maximum absolute atomic E-state index is 12.9. The molecule has 0 aliphatic carbocycles. The third kappa shape index (κ3) is 2.47. The lowest BCUT2D eigenvalue weighted by Crippen LogP contribution is -2.25. The molecule has 3 aromatic heterocycles. The van der Waals surface area contributed by atoms with Crippen LogP contribution < -0.4 is 10.9 Å². The zero-order valence-electron chi connectivity index (χ0n) is 13.6. The Labute approximate surface area is 147 Å². The third-order valence-electron chi connectivity index (χ3n) is 4.73. The molecule has 126 valence electrons. The number of aryl methyl sites for hydroxylation is 2. The molecule has 0 atom stereocenters. The van der Waals surface area contributed by atoms with Gasteiger partial charge in [0.15, 0.2) is 0 Å². The van der Waals surface area contributed by atoms with Crippen molar-refractivity contribution >= 4 is 32.6 Å². The van der Waals surface area contributed by atoms with E-state index in [0.717, 1.165) is 46.6 Å². The van der Waals surface area contributed by atoms with Gasteiger partial charge in [0.25, 0.3) is 5.56 Å². The molecule has 0 fully saturated rings. The number of hydrogen-bond donors (Lipinski definition) is 2. The van der Waals surface area contributed by atoms with E-state index in [1.165, 1.54) is 10.4 Å². The summed E-state index contributed by atoms with van der Waals surface area (Å²) in [5.74, 6) is 0.893. The third-order valence-corrected chi connectivity index (χ3v) is 5.87. The number of benzene rings is 1. The summed E-state index contributed by atoms with van der Waals surface area (Å²) in [6.45, 7) is 2.34. The van der Waals surface area contributed by atoms with Crippen LogP contribution in [-0.4, -0.2) is 26.1 Å². The fourth-order valence-electron chi connectivity index (χ4n) is 3.46. The number of thiophene rings is 1. The van der Waals surface area contributed by atoms with Crippen LogP contribution in [0.4, 0.5) is 0 Å². The van der Waals surface area contributed by atoms with Crippen LogP contribution in [0.25, 0.3) is 21.3 Å². The first-order valence-corrected chi connectivity index (χ1v) is 9.25. The highest BCUT2D eigenvalue weighted by Crippen LogP contribution is 2.29. The Hall–Kier alpha value is -2.51. The molecular formula is C18H17N5OS. The predicted octanol–water partition coefficient (Wildman–Crippen LogP) is 2.22. The average Bonchev–Trinajstić information content (AvgIpc) is 3.22. The molecule has 4 aromatic rings. The van der Waals surface area contributed by atoms with Crippen molar-refractivity contribution in [1.82, 2.24) is 24.8 Å². The lowest BCUT2D eigenvalue weighted by molar-refractivity contribution is 0.643. The van der Waals surface area contributed by atoms with Crippen molar-refractivity contribution in [2.45, 2.75) is 25.9 Å². The first kappa shape index (κ1) is 14.8. The molecule has 2 N–H and O–H groups in total. The van der Waals surface area contributed by atoms with E-state index in [-0.39, 0.29) is 5.56 Å². The summed E-state index contributed by atoms with van der Waals surface area (Å²) in [7, 11) is 0. The van der Waals surface area contributed by atoms with Gasteiger partial charge in [0.1, 0.15) is 10.7 Å². The fourth-order valence-corrected chi connectivity index (χ4v) is 4.61. The summed E-state index contributed by atoms with van der Waals surface area (Å²) in [6, 6.07) is 7.96. The van der Waals surface area contributed by atoms with Crippen LogP contribution in [0.15, 0.2) is 35.4 Å². The number of aromatic nitrogens is 4. The number of fused-ring (bicyclic) bond motifs is 4. The van der Waals surface area contributed by atoms with Gasteiger partial charge >= 0.3 is 0 Å². The maximum Gasteiger partial charge on any atom is 0.262 e. The second-order valence-electron chi connectivity index (χ2n) is 6.30. The first-order chi connectivity index (χ1) is 12.3. The molecule has 1 aliphatic rings. The van der Waals surface area contributed by atoms with Crippen molar-refractivity contribution in [2.75, 3.05) is 6.54 Å². The first-order valence-electron chi connectivity index (χ1n) is 8.43. The Bertz CT molecular complexity index is 1110. The number of para-hydroxylation sites is 2. The van der Waals surface area contributed by atoms with Gasteiger partial charge in [0.05, 0.1) is 22.7 Å². The van der Waals surface area contributed by atoms with Crippen molar-refractivity contribution in [3.63, 3.8) is 0 Å². The molecule has 0 saturated carbocycles. The lowest BCUT2D eigenvalue weighted by Gasteiger charge is -2.12. The molecule has 0 bridgehead atoms. The van der Waals surface area contributed by atoms with Crippen LogP contribution in [0.5, 0.6) is 0 Å². The largest absolute Gasteiger partial charge is 0.342 e. The zero-order chi connectivity index (χ0) is 16.8. The Morgan fingerprint density at radius 2 is 2.20 bits per heavy atom. The normalized spacial score (nSPS) is 14.2. The number of H-pyrrole nitrogens is 1. The monoisotopic (exact) mass is 351 g/mol. The van der Waals surface area contributed by atoms with Crippen molar-refractivity contribution in [3.05, 3.63) is 57.2 Å². The van der Waals surface area contributed by atoms with Crippen molar-refractivity contribution in [3.8, 4) is 0 Å². The topological polar surface area (TPSA) is 75.6 Å². The van der Waals surface area contributed by atoms with Crippen LogP contribution in [0.1, 0.15) is 16.3 Å². The van der Waals surface area contributed by atoms with E-state index in [1.54, 1.807) is 22.2 Å². The minimum Gasteiger partial charge on any atom is -0.342 e. The van der Waals surface area contributed by atoms with Gasteiger partial charge in [-0.1, -0.05) is 12.1 Å². The number of nitrogens with zero attached hydrogens (tertiary/aromatic N) is 3. The van der Waals surface area contributed by atoms with E-state index >= 15 is 0 Å².